The topological polar surface area (TPSA) is 64.2 Å². The Morgan fingerprint density at radius 2 is 1.63 bits per heavy atom. The zero-order valence-corrected chi connectivity index (χ0v) is 21.0. The number of benzene rings is 3. The third-order valence-corrected chi connectivity index (χ3v) is 6.85. The van der Waals surface area contributed by atoms with Gasteiger partial charge in [0.25, 0.3) is 5.56 Å². The van der Waals surface area contributed by atoms with Gasteiger partial charge in [-0.2, -0.15) is 0 Å². The molecule has 0 saturated carbocycles. The Kier molecular flexibility index (Phi) is 6.17. The molecule has 0 amide bonds. The van der Waals surface area contributed by atoms with Gasteiger partial charge in [0.05, 0.1) is 22.3 Å². The largest absolute Gasteiger partial charge is 0.441 e. The maximum atomic E-state index is 13.5. The van der Waals surface area contributed by atoms with Gasteiger partial charge < -0.3 is 9.32 Å². The number of aryl methyl sites for hydroxylation is 2. The molecule has 0 bridgehead atoms. The average Bonchev–Trinajstić information content (AvgIpc) is 3.23. The van der Waals surface area contributed by atoms with Crippen molar-refractivity contribution in [3.8, 4) is 17.1 Å². The number of nitrogens with zero attached hydrogens (tertiary/aromatic N) is 4. The van der Waals surface area contributed by atoms with E-state index in [9.17, 15) is 4.79 Å². The maximum Gasteiger partial charge on any atom is 0.266 e. The Morgan fingerprint density at radius 1 is 0.914 bits per heavy atom. The first-order chi connectivity index (χ1) is 16.9. The maximum absolute atomic E-state index is 13.5. The fraction of sp³-hybridized carbons (Fsp3) is 0.179. The minimum Gasteiger partial charge on any atom is -0.441 e. The van der Waals surface area contributed by atoms with Crippen LogP contribution in [0.4, 0.5) is 5.69 Å². The molecule has 7 heteroatoms. The highest BCUT2D eigenvalue weighted by Gasteiger charge is 2.17. The van der Waals surface area contributed by atoms with E-state index >= 15 is 0 Å². The summed E-state index contributed by atoms with van der Waals surface area (Å²) in [6, 6.07) is 23.5. The number of fused-ring (bicyclic) bond motifs is 1. The van der Waals surface area contributed by atoms with Crippen molar-refractivity contribution in [2.24, 2.45) is 0 Å². The molecule has 0 saturated heterocycles. The van der Waals surface area contributed by atoms with Gasteiger partial charge in [-0.15, -0.1) is 0 Å². The fourth-order valence-corrected chi connectivity index (χ4v) is 4.87. The summed E-state index contributed by atoms with van der Waals surface area (Å²) < 4.78 is 7.64. The standard InChI is InChI=1S/C28H26N4O2S/c1-18-9-11-20(12-10-18)26-29-25(19(2)34-26)17-35-28-30-24-8-6-5-7-23(24)27(33)32(28)22-15-13-21(14-16-22)31(3)4/h5-16H,17H2,1-4H3. The number of para-hydroxylation sites is 1. The lowest BCUT2D eigenvalue weighted by molar-refractivity contribution is 0.540. The number of rotatable bonds is 6. The second kappa shape index (κ2) is 9.43. The number of oxazole rings is 1. The number of hydrogen-bond donors (Lipinski definition) is 0. The highest BCUT2D eigenvalue weighted by Crippen LogP contribution is 2.29. The summed E-state index contributed by atoms with van der Waals surface area (Å²) in [7, 11) is 3.98. The van der Waals surface area contributed by atoms with Crippen molar-refractivity contribution in [2.75, 3.05) is 19.0 Å². The zero-order chi connectivity index (χ0) is 24.5. The van der Waals surface area contributed by atoms with Gasteiger partial charge in [0.2, 0.25) is 5.89 Å². The predicted molar refractivity (Wildman–Crippen MR) is 143 cm³/mol. The number of anilines is 1. The molecule has 0 aliphatic rings. The Bertz CT molecular complexity index is 1550. The molecular formula is C28H26N4O2S. The molecule has 6 nitrogen and oxygen atoms in total. The van der Waals surface area contributed by atoms with Crippen molar-refractivity contribution < 1.29 is 4.42 Å². The van der Waals surface area contributed by atoms with E-state index in [1.54, 1.807) is 4.57 Å². The summed E-state index contributed by atoms with van der Waals surface area (Å²) in [5.74, 6) is 1.89. The van der Waals surface area contributed by atoms with E-state index in [0.717, 1.165) is 28.4 Å². The predicted octanol–water partition coefficient (Wildman–Crippen LogP) is 6.02. The van der Waals surface area contributed by atoms with Crippen molar-refractivity contribution in [3.05, 3.63) is 100 Å². The molecule has 5 aromatic rings. The van der Waals surface area contributed by atoms with Gasteiger partial charge in [0, 0.05) is 31.1 Å². The lowest BCUT2D eigenvalue weighted by Gasteiger charge is -2.16. The number of aromatic nitrogens is 3. The van der Waals surface area contributed by atoms with Crippen molar-refractivity contribution in [3.63, 3.8) is 0 Å². The van der Waals surface area contributed by atoms with Gasteiger partial charge in [0.15, 0.2) is 5.16 Å². The summed E-state index contributed by atoms with van der Waals surface area (Å²) in [6.07, 6.45) is 0. The van der Waals surface area contributed by atoms with E-state index in [1.807, 2.05) is 98.7 Å². The molecule has 0 N–H and O–H groups in total. The van der Waals surface area contributed by atoms with Crippen LogP contribution in [0.2, 0.25) is 0 Å². The number of thioether (sulfide) groups is 1. The van der Waals surface area contributed by atoms with Crippen LogP contribution in [0.25, 0.3) is 28.0 Å². The van der Waals surface area contributed by atoms with Crippen LogP contribution in [-0.2, 0) is 5.75 Å². The molecule has 0 aliphatic heterocycles. The highest BCUT2D eigenvalue weighted by molar-refractivity contribution is 7.98. The Labute approximate surface area is 208 Å². The van der Waals surface area contributed by atoms with Crippen LogP contribution >= 0.6 is 11.8 Å². The summed E-state index contributed by atoms with van der Waals surface area (Å²) in [6.45, 7) is 3.97. The Hall–Kier alpha value is -3.84. The smallest absolute Gasteiger partial charge is 0.266 e. The molecule has 5 rings (SSSR count). The molecule has 176 valence electrons. The SMILES string of the molecule is Cc1ccc(-c2nc(CSc3nc4ccccc4c(=O)n3-c3ccc(N(C)C)cc3)c(C)o2)cc1. The molecule has 0 atom stereocenters. The van der Waals surface area contributed by atoms with Crippen LogP contribution in [0, 0.1) is 13.8 Å². The molecule has 3 aromatic carbocycles. The average molecular weight is 483 g/mol. The second-order valence-corrected chi connectivity index (χ2v) is 9.58. The van der Waals surface area contributed by atoms with Gasteiger partial charge in [0.1, 0.15) is 5.76 Å². The molecule has 0 fully saturated rings. The van der Waals surface area contributed by atoms with Crippen molar-refractivity contribution in [2.45, 2.75) is 24.8 Å². The molecule has 35 heavy (non-hydrogen) atoms. The minimum absolute atomic E-state index is 0.0899. The third kappa shape index (κ3) is 4.59. The lowest BCUT2D eigenvalue weighted by atomic mass is 10.1. The van der Waals surface area contributed by atoms with E-state index < -0.39 is 0 Å². The minimum atomic E-state index is -0.0899. The fourth-order valence-electron chi connectivity index (χ4n) is 3.85. The molecule has 0 unspecified atom stereocenters. The van der Waals surface area contributed by atoms with E-state index in [-0.39, 0.29) is 5.56 Å². The third-order valence-electron chi connectivity index (χ3n) is 5.90. The number of hydrogen-bond acceptors (Lipinski definition) is 6. The molecule has 0 radical (unpaired) electrons. The van der Waals surface area contributed by atoms with Crippen LogP contribution in [0.5, 0.6) is 0 Å². The lowest BCUT2D eigenvalue weighted by Crippen LogP contribution is -2.22. The van der Waals surface area contributed by atoms with E-state index in [4.69, 9.17) is 14.4 Å². The summed E-state index contributed by atoms with van der Waals surface area (Å²) in [5, 5.41) is 1.21. The summed E-state index contributed by atoms with van der Waals surface area (Å²) >= 11 is 1.48. The first-order valence-electron chi connectivity index (χ1n) is 11.4. The summed E-state index contributed by atoms with van der Waals surface area (Å²) in [5.41, 5.74) is 5.39. The molecule has 0 aliphatic carbocycles. The van der Waals surface area contributed by atoms with Gasteiger partial charge >= 0.3 is 0 Å². The van der Waals surface area contributed by atoms with Crippen LogP contribution < -0.4 is 10.5 Å². The van der Waals surface area contributed by atoms with Crippen LogP contribution in [-0.4, -0.2) is 28.6 Å². The van der Waals surface area contributed by atoms with Crippen LogP contribution in [0.1, 0.15) is 17.0 Å². The second-order valence-electron chi connectivity index (χ2n) is 8.64. The first-order valence-corrected chi connectivity index (χ1v) is 12.3. The normalized spacial score (nSPS) is 11.2. The van der Waals surface area contributed by atoms with Gasteiger partial charge in [-0.05, 0) is 62.4 Å². The van der Waals surface area contributed by atoms with E-state index in [1.165, 1.54) is 17.3 Å². The summed E-state index contributed by atoms with van der Waals surface area (Å²) in [4.78, 5) is 25.1. The monoisotopic (exact) mass is 482 g/mol. The zero-order valence-electron chi connectivity index (χ0n) is 20.1. The van der Waals surface area contributed by atoms with Crippen LogP contribution in [0.15, 0.2) is 87.2 Å². The van der Waals surface area contributed by atoms with Gasteiger partial charge in [-0.1, -0.05) is 41.6 Å². The van der Waals surface area contributed by atoms with E-state index in [2.05, 4.69) is 6.92 Å². The van der Waals surface area contributed by atoms with Crippen molar-refractivity contribution in [1.29, 1.82) is 0 Å². The Balaban J connectivity index is 1.52. The first kappa shape index (κ1) is 22.9. The van der Waals surface area contributed by atoms with Gasteiger partial charge in [-0.25, -0.2) is 9.97 Å². The molecular weight excluding hydrogens is 456 g/mol. The molecule has 2 aromatic heterocycles. The van der Waals surface area contributed by atoms with Crippen LogP contribution in [0.3, 0.4) is 0 Å². The highest BCUT2D eigenvalue weighted by atomic mass is 32.2. The van der Waals surface area contributed by atoms with Crippen molar-refractivity contribution >= 4 is 28.4 Å². The van der Waals surface area contributed by atoms with Gasteiger partial charge in [-0.3, -0.25) is 9.36 Å². The quantitative estimate of drug-likeness (QED) is 0.218. The molecule has 2 heterocycles. The van der Waals surface area contributed by atoms with E-state index in [0.29, 0.717) is 27.7 Å². The van der Waals surface area contributed by atoms with Crippen molar-refractivity contribution in [1.82, 2.24) is 14.5 Å². The molecule has 0 spiro atoms. The Morgan fingerprint density at radius 3 is 2.34 bits per heavy atom.